The standard InChI is InChI=1S/C11H21N3O3/c1-8(15)13-9-3-5-14(6-4-9)11(16)10(7-12)17-2/h9-10H,3-7,12H2,1-2H3,(H,13,15). The topological polar surface area (TPSA) is 84.7 Å². The molecular formula is C11H21N3O3. The summed E-state index contributed by atoms with van der Waals surface area (Å²) in [6.45, 7) is 2.99. The van der Waals surface area contributed by atoms with Crippen LogP contribution in [0, 0.1) is 0 Å². The number of amides is 2. The molecule has 1 unspecified atom stereocenters. The quantitative estimate of drug-likeness (QED) is 0.669. The fourth-order valence-electron chi connectivity index (χ4n) is 2.03. The summed E-state index contributed by atoms with van der Waals surface area (Å²) in [5.41, 5.74) is 5.45. The number of carbonyl (C=O) groups excluding carboxylic acids is 2. The molecule has 0 aliphatic carbocycles. The van der Waals surface area contributed by atoms with Gasteiger partial charge in [-0.2, -0.15) is 0 Å². The molecule has 1 rings (SSSR count). The maximum Gasteiger partial charge on any atom is 0.253 e. The number of nitrogens with one attached hydrogen (secondary N) is 1. The summed E-state index contributed by atoms with van der Waals surface area (Å²) in [4.78, 5) is 24.6. The summed E-state index contributed by atoms with van der Waals surface area (Å²) >= 11 is 0. The minimum Gasteiger partial charge on any atom is -0.370 e. The normalized spacial score (nSPS) is 18.9. The van der Waals surface area contributed by atoms with Gasteiger partial charge in [-0.1, -0.05) is 0 Å². The molecule has 1 aliphatic heterocycles. The number of piperidine rings is 1. The van der Waals surface area contributed by atoms with Gasteiger partial charge in [0.25, 0.3) is 5.91 Å². The van der Waals surface area contributed by atoms with Crippen LogP contribution in [0.2, 0.25) is 0 Å². The van der Waals surface area contributed by atoms with Gasteiger partial charge in [-0.25, -0.2) is 0 Å². The van der Waals surface area contributed by atoms with Crippen molar-refractivity contribution in [1.29, 1.82) is 0 Å². The Labute approximate surface area is 101 Å². The number of nitrogens with zero attached hydrogens (tertiary/aromatic N) is 1. The van der Waals surface area contributed by atoms with Crippen molar-refractivity contribution < 1.29 is 14.3 Å². The van der Waals surface area contributed by atoms with Crippen molar-refractivity contribution in [1.82, 2.24) is 10.2 Å². The van der Waals surface area contributed by atoms with Gasteiger partial charge in [0, 0.05) is 39.7 Å². The maximum atomic E-state index is 11.9. The Kier molecular flexibility index (Phi) is 5.37. The van der Waals surface area contributed by atoms with Crippen LogP contribution < -0.4 is 11.1 Å². The van der Waals surface area contributed by atoms with Gasteiger partial charge in [-0.15, -0.1) is 0 Å². The molecule has 1 fully saturated rings. The second-order valence-corrected chi connectivity index (χ2v) is 4.26. The summed E-state index contributed by atoms with van der Waals surface area (Å²) < 4.78 is 5.02. The van der Waals surface area contributed by atoms with Gasteiger partial charge in [-0.05, 0) is 12.8 Å². The SMILES string of the molecule is COC(CN)C(=O)N1CCC(NC(C)=O)CC1. The second kappa shape index (κ2) is 6.56. The third-order valence-electron chi connectivity index (χ3n) is 2.99. The van der Waals surface area contributed by atoms with Crippen LogP contribution in [0.1, 0.15) is 19.8 Å². The van der Waals surface area contributed by atoms with E-state index in [0.29, 0.717) is 13.1 Å². The highest BCUT2D eigenvalue weighted by molar-refractivity contribution is 5.81. The van der Waals surface area contributed by atoms with E-state index in [0.717, 1.165) is 12.8 Å². The molecule has 1 atom stereocenters. The van der Waals surface area contributed by atoms with Gasteiger partial charge in [0.15, 0.2) is 0 Å². The summed E-state index contributed by atoms with van der Waals surface area (Å²) in [7, 11) is 1.49. The minimum absolute atomic E-state index is 0.0218. The fourth-order valence-corrected chi connectivity index (χ4v) is 2.03. The highest BCUT2D eigenvalue weighted by atomic mass is 16.5. The third-order valence-corrected chi connectivity index (χ3v) is 2.99. The number of carbonyl (C=O) groups is 2. The summed E-state index contributed by atoms with van der Waals surface area (Å²) in [6.07, 6.45) is 1.02. The van der Waals surface area contributed by atoms with E-state index in [1.807, 2.05) is 0 Å². The van der Waals surface area contributed by atoms with Crippen LogP contribution in [-0.4, -0.2) is 55.6 Å². The lowest BCUT2D eigenvalue weighted by atomic mass is 10.0. The highest BCUT2D eigenvalue weighted by Gasteiger charge is 2.27. The third kappa shape index (κ3) is 3.98. The molecule has 0 aromatic heterocycles. The Hall–Kier alpha value is -1.14. The van der Waals surface area contributed by atoms with Crippen molar-refractivity contribution in [2.24, 2.45) is 5.73 Å². The number of nitrogens with two attached hydrogens (primary N) is 1. The van der Waals surface area contributed by atoms with Crippen LogP contribution >= 0.6 is 0 Å². The second-order valence-electron chi connectivity index (χ2n) is 4.26. The average Bonchev–Trinajstić information content (AvgIpc) is 2.30. The first-order chi connectivity index (χ1) is 8.08. The van der Waals surface area contributed by atoms with Crippen LogP contribution in [-0.2, 0) is 14.3 Å². The minimum atomic E-state index is -0.549. The molecule has 3 N–H and O–H groups in total. The van der Waals surface area contributed by atoms with Crippen LogP contribution in [0.25, 0.3) is 0 Å². The maximum absolute atomic E-state index is 11.9. The Morgan fingerprint density at radius 3 is 2.47 bits per heavy atom. The molecule has 17 heavy (non-hydrogen) atoms. The smallest absolute Gasteiger partial charge is 0.253 e. The number of rotatable bonds is 4. The number of ether oxygens (including phenoxy) is 1. The Bertz CT molecular complexity index is 271. The number of methoxy groups -OCH3 is 1. The lowest BCUT2D eigenvalue weighted by Gasteiger charge is -2.33. The molecule has 1 heterocycles. The van der Waals surface area contributed by atoms with E-state index in [4.69, 9.17) is 10.5 Å². The van der Waals surface area contributed by atoms with E-state index in [1.165, 1.54) is 14.0 Å². The van der Waals surface area contributed by atoms with Crippen molar-refractivity contribution in [3.8, 4) is 0 Å². The zero-order chi connectivity index (χ0) is 12.8. The van der Waals surface area contributed by atoms with Crippen molar-refractivity contribution >= 4 is 11.8 Å². The van der Waals surface area contributed by atoms with E-state index in [2.05, 4.69) is 5.32 Å². The van der Waals surface area contributed by atoms with Crippen LogP contribution in [0.4, 0.5) is 0 Å². The monoisotopic (exact) mass is 243 g/mol. The van der Waals surface area contributed by atoms with Gasteiger partial charge < -0.3 is 20.7 Å². The van der Waals surface area contributed by atoms with Gasteiger partial charge in [0.2, 0.25) is 5.91 Å². The molecule has 1 aliphatic rings. The Morgan fingerprint density at radius 1 is 1.47 bits per heavy atom. The van der Waals surface area contributed by atoms with Gasteiger partial charge in [-0.3, -0.25) is 9.59 Å². The van der Waals surface area contributed by atoms with E-state index < -0.39 is 6.10 Å². The van der Waals surface area contributed by atoms with E-state index in [-0.39, 0.29) is 24.4 Å². The largest absolute Gasteiger partial charge is 0.370 e. The van der Waals surface area contributed by atoms with Crippen LogP contribution in [0.3, 0.4) is 0 Å². The number of likely N-dealkylation sites (tertiary alicyclic amines) is 1. The molecule has 6 nitrogen and oxygen atoms in total. The molecule has 98 valence electrons. The van der Waals surface area contributed by atoms with Crippen molar-refractivity contribution in [2.45, 2.75) is 31.9 Å². The van der Waals surface area contributed by atoms with Crippen molar-refractivity contribution in [3.05, 3.63) is 0 Å². The first-order valence-corrected chi connectivity index (χ1v) is 5.87. The lowest BCUT2D eigenvalue weighted by molar-refractivity contribution is -0.142. The fraction of sp³-hybridized carbons (Fsp3) is 0.818. The predicted molar refractivity (Wildman–Crippen MR) is 63.3 cm³/mol. The Morgan fingerprint density at radius 2 is 2.06 bits per heavy atom. The molecule has 0 aromatic carbocycles. The summed E-state index contributed by atoms with van der Waals surface area (Å²) in [6, 6.07) is 0.176. The predicted octanol–water partition coefficient (Wildman–Crippen LogP) is -0.913. The molecule has 0 saturated carbocycles. The van der Waals surface area contributed by atoms with Gasteiger partial charge >= 0.3 is 0 Å². The number of hydrogen-bond acceptors (Lipinski definition) is 4. The average molecular weight is 243 g/mol. The van der Waals surface area contributed by atoms with Gasteiger partial charge in [0.1, 0.15) is 6.10 Å². The van der Waals surface area contributed by atoms with Crippen molar-refractivity contribution in [2.75, 3.05) is 26.7 Å². The summed E-state index contributed by atoms with van der Waals surface area (Å²) in [5.74, 6) is -0.0808. The first kappa shape index (κ1) is 13.9. The Balaban J connectivity index is 2.40. The van der Waals surface area contributed by atoms with E-state index in [9.17, 15) is 9.59 Å². The molecule has 0 bridgehead atoms. The van der Waals surface area contributed by atoms with Gasteiger partial charge in [0.05, 0.1) is 0 Å². The zero-order valence-electron chi connectivity index (χ0n) is 10.4. The molecule has 0 radical (unpaired) electrons. The molecule has 1 saturated heterocycles. The van der Waals surface area contributed by atoms with E-state index in [1.54, 1.807) is 4.90 Å². The molecular weight excluding hydrogens is 222 g/mol. The highest BCUT2D eigenvalue weighted by Crippen LogP contribution is 2.12. The molecule has 2 amide bonds. The zero-order valence-corrected chi connectivity index (χ0v) is 10.4. The molecule has 0 spiro atoms. The molecule has 0 aromatic rings. The van der Waals surface area contributed by atoms with Crippen LogP contribution in [0.15, 0.2) is 0 Å². The summed E-state index contributed by atoms with van der Waals surface area (Å²) in [5, 5.41) is 2.87. The van der Waals surface area contributed by atoms with Crippen LogP contribution in [0.5, 0.6) is 0 Å². The van der Waals surface area contributed by atoms with E-state index >= 15 is 0 Å². The molecule has 6 heteroatoms. The van der Waals surface area contributed by atoms with Crippen molar-refractivity contribution in [3.63, 3.8) is 0 Å². The first-order valence-electron chi connectivity index (χ1n) is 5.87. The number of hydrogen-bond donors (Lipinski definition) is 2. The lowest BCUT2D eigenvalue weighted by Crippen LogP contribution is -2.50.